The summed E-state index contributed by atoms with van der Waals surface area (Å²) in [6, 6.07) is 2.54. The fourth-order valence-corrected chi connectivity index (χ4v) is 3.78. The van der Waals surface area contributed by atoms with Gasteiger partial charge in [0.1, 0.15) is 10.7 Å². The Bertz CT molecular complexity index is 586. The molecule has 0 amide bonds. The van der Waals surface area contributed by atoms with Gasteiger partial charge in [0.2, 0.25) is 10.0 Å². The molecule has 0 spiro atoms. The lowest BCUT2D eigenvalue weighted by molar-refractivity contribution is 0.567. The topological polar surface area (TPSA) is 49.4 Å². The molecule has 0 atom stereocenters. The molecule has 4 nitrogen and oxygen atoms in total. The number of hydrogen-bond acceptors (Lipinski definition) is 3. The van der Waals surface area contributed by atoms with E-state index in [-0.39, 0.29) is 22.6 Å². The first-order valence-corrected chi connectivity index (χ1v) is 7.10. The molecular formula is C10H10ClFN2O2S. The van der Waals surface area contributed by atoms with Crippen LogP contribution in [0.3, 0.4) is 0 Å². The van der Waals surface area contributed by atoms with Crippen LogP contribution in [0, 0.1) is 5.82 Å². The van der Waals surface area contributed by atoms with E-state index in [1.165, 1.54) is 6.07 Å². The predicted octanol–water partition coefficient (Wildman–Crippen LogP) is 1.70. The van der Waals surface area contributed by atoms with Crippen molar-refractivity contribution in [2.75, 3.05) is 11.6 Å². The van der Waals surface area contributed by atoms with Crippen LogP contribution in [0.2, 0.25) is 5.02 Å². The van der Waals surface area contributed by atoms with Crippen molar-refractivity contribution in [3.05, 3.63) is 23.0 Å². The van der Waals surface area contributed by atoms with Gasteiger partial charge in [-0.1, -0.05) is 11.6 Å². The molecule has 0 unspecified atom stereocenters. The fourth-order valence-electron chi connectivity index (χ4n) is 2.05. The highest BCUT2D eigenvalue weighted by Crippen LogP contribution is 2.40. The summed E-state index contributed by atoms with van der Waals surface area (Å²) in [6.45, 7) is 0.180. The molecule has 1 aromatic carbocycles. The van der Waals surface area contributed by atoms with Crippen LogP contribution in [0.25, 0.3) is 0 Å². The molecular weight excluding hydrogens is 267 g/mol. The highest BCUT2D eigenvalue weighted by molar-refractivity contribution is 7.89. The van der Waals surface area contributed by atoms with Crippen molar-refractivity contribution in [2.24, 2.45) is 0 Å². The Kier molecular flexibility index (Phi) is 2.36. The zero-order chi connectivity index (χ0) is 12.2. The summed E-state index contributed by atoms with van der Waals surface area (Å²) in [6.07, 6.45) is 1.99. The quantitative estimate of drug-likeness (QED) is 0.849. The smallest absolute Gasteiger partial charge is 0.245 e. The molecule has 0 saturated heterocycles. The highest BCUT2D eigenvalue weighted by atomic mass is 35.5. The van der Waals surface area contributed by atoms with E-state index in [1.54, 1.807) is 0 Å². The third-order valence-electron chi connectivity index (χ3n) is 2.98. The molecule has 0 aromatic heterocycles. The average molecular weight is 277 g/mol. The van der Waals surface area contributed by atoms with E-state index in [9.17, 15) is 12.8 Å². The number of hydrogen-bond donors (Lipinski definition) is 1. The molecule has 17 heavy (non-hydrogen) atoms. The summed E-state index contributed by atoms with van der Waals surface area (Å²) in [5, 5.41) is -0.0714. The van der Waals surface area contributed by atoms with Crippen molar-refractivity contribution in [3.8, 4) is 0 Å². The summed E-state index contributed by atoms with van der Waals surface area (Å²) in [4.78, 5) is 1.84. The van der Waals surface area contributed by atoms with Crippen molar-refractivity contribution in [3.63, 3.8) is 0 Å². The maximum absolute atomic E-state index is 13.3. The van der Waals surface area contributed by atoms with Gasteiger partial charge in [-0.05, 0) is 25.0 Å². The Morgan fingerprint density at radius 1 is 1.41 bits per heavy atom. The van der Waals surface area contributed by atoms with Crippen molar-refractivity contribution in [1.29, 1.82) is 0 Å². The van der Waals surface area contributed by atoms with E-state index in [0.717, 1.165) is 18.9 Å². The molecule has 1 fully saturated rings. The number of nitrogens with zero attached hydrogens (tertiary/aromatic N) is 1. The van der Waals surface area contributed by atoms with Crippen LogP contribution in [0.1, 0.15) is 12.8 Å². The lowest BCUT2D eigenvalue weighted by Crippen LogP contribution is -2.44. The van der Waals surface area contributed by atoms with Crippen molar-refractivity contribution < 1.29 is 12.8 Å². The van der Waals surface area contributed by atoms with Gasteiger partial charge in [0.15, 0.2) is 0 Å². The molecule has 92 valence electrons. The second-order valence-electron chi connectivity index (χ2n) is 4.24. The van der Waals surface area contributed by atoms with Gasteiger partial charge in [-0.25, -0.2) is 12.8 Å². The van der Waals surface area contributed by atoms with Crippen LogP contribution < -0.4 is 9.62 Å². The third-order valence-corrected chi connectivity index (χ3v) is 4.87. The number of halogens is 2. The second-order valence-corrected chi connectivity index (χ2v) is 6.35. The number of anilines is 1. The Balaban J connectivity index is 2.24. The molecule has 1 N–H and O–H groups in total. The minimum atomic E-state index is -3.62. The first kappa shape index (κ1) is 11.3. The SMILES string of the molecule is O=S1(=O)NCN(C2CC2)c2cc(F)cc(Cl)c21. The molecule has 1 aliphatic heterocycles. The Hall–Kier alpha value is -0.850. The van der Waals surface area contributed by atoms with Gasteiger partial charge >= 0.3 is 0 Å². The van der Waals surface area contributed by atoms with Crippen LogP contribution in [0.4, 0.5) is 10.1 Å². The second kappa shape index (κ2) is 3.57. The molecule has 0 bridgehead atoms. The highest BCUT2D eigenvalue weighted by Gasteiger charge is 2.38. The largest absolute Gasteiger partial charge is 0.354 e. The molecule has 3 rings (SSSR count). The number of sulfonamides is 1. The number of nitrogens with one attached hydrogen (secondary N) is 1. The minimum absolute atomic E-state index is 0.0151. The fraction of sp³-hybridized carbons (Fsp3) is 0.400. The van der Waals surface area contributed by atoms with E-state index in [1.807, 2.05) is 4.90 Å². The predicted molar refractivity (Wildman–Crippen MR) is 62.1 cm³/mol. The Labute approximate surface area is 103 Å². The summed E-state index contributed by atoms with van der Waals surface area (Å²) in [7, 11) is -3.62. The summed E-state index contributed by atoms with van der Waals surface area (Å²) >= 11 is 5.84. The molecule has 1 saturated carbocycles. The van der Waals surface area contributed by atoms with Crippen molar-refractivity contribution >= 4 is 27.3 Å². The van der Waals surface area contributed by atoms with E-state index in [2.05, 4.69) is 4.72 Å². The normalized spacial score (nSPS) is 22.4. The first-order valence-electron chi connectivity index (χ1n) is 5.24. The average Bonchev–Trinajstić information content (AvgIpc) is 2.99. The first-order chi connectivity index (χ1) is 7.99. The lowest BCUT2D eigenvalue weighted by atomic mass is 10.2. The standard InChI is InChI=1S/C10H10ClFN2O2S/c11-8-3-6(12)4-9-10(8)17(15,16)13-5-14(9)7-1-2-7/h3-4,7,13H,1-2,5H2. The van der Waals surface area contributed by atoms with Crippen LogP contribution in [0.5, 0.6) is 0 Å². The number of fused-ring (bicyclic) bond motifs is 1. The molecule has 2 aliphatic rings. The zero-order valence-electron chi connectivity index (χ0n) is 8.78. The van der Waals surface area contributed by atoms with Crippen molar-refractivity contribution in [1.82, 2.24) is 4.72 Å². The molecule has 0 radical (unpaired) electrons. The molecule has 1 heterocycles. The van der Waals surface area contributed by atoms with Gasteiger partial charge in [-0.2, -0.15) is 4.72 Å². The van der Waals surface area contributed by atoms with Crippen LogP contribution in [-0.4, -0.2) is 21.1 Å². The molecule has 1 aromatic rings. The van der Waals surface area contributed by atoms with E-state index < -0.39 is 15.8 Å². The van der Waals surface area contributed by atoms with Crippen LogP contribution >= 0.6 is 11.6 Å². The molecule has 7 heteroatoms. The maximum Gasteiger partial charge on any atom is 0.245 e. The van der Waals surface area contributed by atoms with Gasteiger partial charge < -0.3 is 4.90 Å². The Morgan fingerprint density at radius 3 is 2.76 bits per heavy atom. The monoisotopic (exact) mass is 276 g/mol. The van der Waals surface area contributed by atoms with Gasteiger partial charge in [-0.15, -0.1) is 0 Å². The van der Waals surface area contributed by atoms with Crippen LogP contribution in [0.15, 0.2) is 17.0 Å². The van der Waals surface area contributed by atoms with Gasteiger partial charge in [0.05, 0.1) is 17.4 Å². The summed E-state index contributed by atoms with van der Waals surface area (Å²) in [5.41, 5.74) is 0.372. The summed E-state index contributed by atoms with van der Waals surface area (Å²) < 4.78 is 39.5. The third kappa shape index (κ3) is 1.80. The zero-order valence-corrected chi connectivity index (χ0v) is 10.4. The van der Waals surface area contributed by atoms with E-state index >= 15 is 0 Å². The van der Waals surface area contributed by atoms with Gasteiger partial charge in [0, 0.05) is 6.04 Å². The molecule has 1 aliphatic carbocycles. The Morgan fingerprint density at radius 2 is 2.12 bits per heavy atom. The summed E-state index contributed by atoms with van der Waals surface area (Å²) in [5.74, 6) is -0.517. The van der Waals surface area contributed by atoms with Crippen LogP contribution in [-0.2, 0) is 10.0 Å². The van der Waals surface area contributed by atoms with Gasteiger partial charge in [0.25, 0.3) is 0 Å². The van der Waals surface area contributed by atoms with Crippen molar-refractivity contribution in [2.45, 2.75) is 23.8 Å². The maximum atomic E-state index is 13.3. The number of benzene rings is 1. The van der Waals surface area contributed by atoms with Gasteiger partial charge in [-0.3, -0.25) is 0 Å². The van der Waals surface area contributed by atoms with E-state index in [4.69, 9.17) is 11.6 Å². The minimum Gasteiger partial charge on any atom is -0.354 e. The lowest BCUT2D eigenvalue weighted by Gasteiger charge is -2.31. The van der Waals surface area contributed by atoms with E-state index in [0.29, 0.717) is 5.69 Å². The number of rotatable bonds is 1.